The van der Waals surface area contributed by atoms with Crippen molar-refractivity contribution in [3.8, 4) is 0 Å². The van der Waals surface area contributed by atoms with Gasteiger partial charge in [-0.25, -0.2) is 0 Å². The first-order chi connectivity index (χ1) is 11.3. The standard InChI is InChI=1S/C17H23BClNO4/c19-14-8-11-7-10(3-1-6-18(23)24)15(16(21)22)12(11)9-13(14)17(20)4-2-5-17/h8-10,15,23-24H,1-7,20H2,(H,21,22)/t10-,15-/m0/s1. The maximum atomic E-state index is 11.8. The van der Waals surface area contributed by atoms with Gasteiger partial charge in [0.15, 0.2) is 0 Å². The molecule has 2 aliphatic carbocycles. The van der Waals surface area contributed by atoms with Gasteiger partial charge in [0.05, 0.1) is 5.92 Å². The molecule has 130 valence electrons. The third kappa shape index (κ3) is 3.20. The summed E-state index contributed by atoms with van der Waals surface area (Å²) < 4.78 is 0. The third-order valence-electron chi connectivity index (χ3n) is 5.60. The highest BCUT2D eigenvalue weighted by Crippen LogP contribution is 2.47. The van der Waals surface area contributed by atoms with Crippen LogP contribution in [0.3, 0.4) is 0 Å². The number of rotatable bonds is 6. The lowest BCUT2D eigenvalue weighted by Crippen LogP contribution is -2.43. The quantitative estimate of drug-likeness (QED) is 0.589. The van der Waals surface area contributed by atoms with Crippen LogP contribution in [-0.2, 0) is 16.8 Å². The monoisotopic (exact) mass is 351 g/mol. The van der Waals surface area contributed by atoms with Gasteiger partial charge in [-0.1, -0.05) is 24.1 Å². The molecule has 24 heavy (non-hydrogen) atoms. The highest BCUT2D eigenvalue weighted by molar-refractivity contribution is 6.40. The number of hydrogen-bond donors (Lipinski definition) is 4. The Kier molecular flexibility index (Phi) is 4.93. The van der Waals surface area contributed by atoms with E-state index in [9.17, 15) is 9.90 Å². The molecule has 0 bridgehead atoms. The highest BCUT2D eigenvalue weighted by Gasteiger charge is 2.41. The Morgan fingerprint density at radius 2 is 2.08 bits per heavy atom. The predicted octanol–water partition coefficient (Wildman–Crippen LogP) is 2.27. The molecule has 2 aliphatic rings. The lowest BCUT2D eigenvalue weighted by Gasteiger charge is -2.39. The van der Waals surface area contributed by atoms with Crippen LogP contribution in [0.1, 0.15) is 54.7 Å². The summed E-state index contributed by atoms with van der Waals surface area (Å²) in [6.45, 7) is 0. The van der Waals surface area contributed by atoms with E-state index in [0.29, 0.717) is 24.3 Å². The molecule has 0 heterocycles. The molecule has 1 aromatic rings. The lowest BCUT2D eigenvalue weighted by molar-refractivity contribution is -0.139. The third-order valence-corrected chi connectivity index (χ3v) is 5.92. The van der Waals surface area contributed by atoms with Crippen molar-refractivity contribution in [3.63, 3.8) is 0 Å². The SMILES string of the molecule is NC1(c2cc3c(cc2Cl)C[C@H](CCCB(O)O)[C@@H]3C(=O)O)CCC1. The van der Waals surface area contributed by atoms with Crippen molar-refractivity contribution in [1.82, 2.24) is 0 Å². The predicted molar refractivity (Wildman–Crippen MR) is 93.0 cm³/mol. The molecule has 0 aliphatic heterocycles. The largest absolute Gasteiger partial charge is 0.481 e. The fourth-order valence-corrected chi connectivity index (χ4v) is 4.50. The van der Waals surface area contributed by atoms with Crippen LogP contribution in [0.2, 0.25) is 11.3 Å². The lowest BCUT2D eigenvalue weighted by atomic mass is 9.72. The van der Waals surface area contributed by atoms with Gasteiger partial charge in [0.25, 0.3) is 0 Å². The summed E-state index contributed by atoms with van der Waals surface area (Å²) in [6.07, 6.45) is 4.97. The van der Waals surface area contributed by atoms with Gasteiger partial charge in [0, 0.05) is 10.6 Å². The van der Waals surface area contributed by atoms with Gasteiger partial charge in [-0.3, -0.25) is 4.79 Å². The van der Waals surface area contributed by atoms with E-state index >= 15 is 0 Å². The van der Waals surface area contributed by atoms with Crippen molar-refractivity contribution < 1.29 is 19.9 Å². The second-order valence-corrected chi connectivity index (χ2v) is 7.64. The summed E-state index contributed by atoms with van der Waals surface area (Å²) in [5, 5.41) is 28.3. The second kappa shape index (κ2) is 6.67. The first-order valence-corrected chi connectivity index (χ1v) is 8.90. The molecule has 1 fully saturated rings. The average Bonchev–Trinajstić information content (AvgIpc) is 2.80. The van der Waals surface area contributed by atoms with E-state index in [1.54, 1.807) is 0 Å². The van der Waals surface area contributed by atoms with E-state index < -0.39 is 24.5 Å². The summed E-state index contributed by atoms with van der Waals surface area (Å²) in [5.41, 5.74) is 8.65. The van der Waals surface area contributed by atoms with Gasteiger partial charge in [-0.05, 0) is 67.1 Å². The van der Waals surface area contributed by atoms with Crippen LogP contribution in [0.25, 0.3) is 0 Å². The Morgan fingerprint density at radius 1 is 1.38 bits per heavy atom. The molecule has 0 aromatic heterocycles. The molecule has 0 unspecified atom stereocenters. The molecule has 0 amide bonds. The summed E-state index contributed by atoms with van der Waals surface area (Å²) >= 11 is 6.43. The number of carbonyl (C=O) groups is 1. The van der Waals surface area contributed by atoms with E-state index in [1.165, 1.54) is 0 Å². The number of carboxylic acid groups (broad SMARTS) is 1. The summed E-state index contributed by atoms with van der Waals surface area (Å²) in [6, 6.07) is 3.80. The fourth-order valence-electron chi connectivity index (χ4n) is 4.13. The van der Waals surface area contributed by atoms with Gasteiger partial charge >= 0.3 is 13.1 Å². The maximum Gasteiger partial charge on any atom is 0.451 e. The Hall–Kier alpha value is -1.08. The summed E-state index contributed by atoms with van der Waals surface area (Å²) in [7, 11) is -1.34. The van der Waals surface area contributed by atoms with Crippen molar-refractivity contribution in [3.05, 3.63) is 33.8 Å². The molecular weight excluding hydrogens is 328 g/mol. The van der Waals surface area contributed by atoms with Crippen molar-refractivity contribution in [2.24, 2.45) is 11.7 Å². The Balaban J connectivity index is 1.87. The molecular formula is C17H23BClNO4. The van der Waals surface area contributed by atoms with Crippen molar-refractivity contribution in [2.75, 3.05) is 0 Å². The zero-order valence-electron chi connectivity index (χ0n) is 13.5. The first-order valence-electron chi connectivity index (χ1n) is 8.52. The van der Waals surface area contributed by atoms with Crippen LogP contribution in [0.4, 0.5) is 0 Å². The zero-order chi connectivity index (χ0) is 17.5. The van der Waals surface area contributed by atoms with Crippen LogP contribution in [0.5, 0.6) is 0 Å². The van der Waals surface area contributed by atoms with Crippen LogP contribution in [0.15, 0.2) is 12.1 Å². The first kappa shape index (κ1) is 17.7. The average molecular weight is 352 g/mol. The maximum absolute atomic E-state index is 11.8. The Morgan fingerprint density at radius 3 is 2.62 bits per heavy atom. The van der Waals surface area contributed by atoms with Gasteiger partial charge in [-0.2, -0.15) is 0 Å². The minimum atomic E-state index is -1.34. The van der Waals surface area contributed by atoms with E-state index in [-0.39, 0.29) is 12.2 Å². The fraction of sp³-hybridized carbons (Fsp3) is 0.588. The molecule has 5 N–H and O–H groups in total. The number of halogens is 1. The van der Waals surface area contributed by atoms with E-state index in [1.807, 2.05) is 12.1 Å². The van der Waals surface area contributed by atoms with Gasteiger partial charge in [-0.15, -0.1) is 0 Å². The van der Waals surface area contributed by atoms with Crippen molar-refractivity contribution in [2.45, 2.75) is 56.3 Å². The molecule has 0 radical (unpaired) electrons. The summed E-state index contributed by atoms with van der Waals surface area (Å²) in [4.78, 5) is 11.8. The number of fused-ring (bicyclic) bond motifs is 1. The molecule has 3 rings (SSSR count). The van der Waals surface area contributed by atoms with E-state index in [4.69, 9.17) is 27.4 Å². The van der Waals surface area contributed by atoms with Crippen LogP contribution in [-0.4, -0.2) is 28.2 Å². The van der Waals surface area contributed by atoms with Crippen LogP contribution >= 0.6 is 11.6 Å². The number of nitrogens with two attached hydrogens (primary N) is 1. The molecule has 1 aromatic carbocycles. The topological polar surface area (TPSA) is 104 Å². The van der Waals surface area contributed by atoms with Crippen LogP contribution < -0.4 is 5.73 Å². The van der Waals surface area contributed by atoms with Gasteiger partial charge < -0.3 is 20.9 Å². The minimum Gasteiger partial charge on any atom is -0.481 e. The Labute approximate surface area is 147 Å². The van der Waals surface area contributed by atoms with Gasteiger partial charge in [0.1, 0.15) is 0 Å². The molecule has 1 saturated carbocycles. The van der Waals surface area contributed by atoms with Crippen molar-refractivity contribution in [1.29, 1.82) is 0 Å². The molecule has 7 heteroatoms. The number of carboxylic acids is 1. The zero-order valence-corrected chi connectivity index (χ0v) is 14.3. The van der Waals surface area contributed by atoms with Crippen molar-refractivity contribution >= 4 is 24.7 Å². The molecule has 5 nitrogen and oxygen atoms in total. The number of benzene rings is 1. The normalized spacial score (nSPS) is 24.3. The number of hydrogen-bond acceptors (Lipinski definition) is 4. The van der Waals surface area contributed by atoms with E-state index in [2.05, 4.69) is 0 Å². The second-order valence-electron chi connectivity index (χ2n) is 7.23. The summed E-state index contributed by atoms with van der Waals surface area (Å²) in [5.74, 6) is -1.45. The molecule has 0 saturated heterocycles. The van der Waals surface area contributed by atoms with E-state index in [0.717, 1.165) is 36.0 Å². The smallest absolute Gasteiger partial charge is 0.451 e. The number of aliphatic carboxylic acids is 1. The molecule has 0 spiro atoms. The Bertz CT molecular complexity index is 648. The van der Waals surface area contributed by atoms with Gasteiger partial charge in [0.2, 0.25) is 0 Å². The highest BCUT2D eigenvalue weighted by atomic mass is 35.5. The minimum absolute atomic E-state index is 0.0438. The van der Waals surface area contributed by atoms with Crippen LogP contribution in [0, 0.1) is 5.92 Å². The molecule has 2 atom stereocenters.